The highest BCUT2D eigenvalue weighted by Crippen LogP contribution is 2.35. The SMILES string of the molecule is CCc1ccc(C=NNC(=O)CSc2nc3sc4c(c3c(=O)n2-c2ccc(OC)cc2)CCCC4)cc1. The molecule has 0 bridgehead atoms. The molecular formula is C28H28N4O3S2. The highest BCUT2D eigenvalue weighted by Gasteiger charge is 2.23. The fourth-order valence-electron chi connectivity index (χ4n) is 4.42. The summed E-state index contributed by atoms with van der Waals surface area (Å²) in [7, 11) is 1.61. The number of thioether (sulfide) groups is 1. The molecule has 1 amide bonds. The van der Waals surface area contributed by atoms with Gasteiger partial charge in [0.15, 0.2) is 5.16 Å². The van der Waals surface area contributed by atoms with Crippen molar-refractivity contribution in [2.45, 2.75) is 44.2 Å². The number of carbonyl (C=O) groups excluding carboxylic acids is 1. The predicted octanol–water partition coefficient (Wildman–Crippen LogP) is 5.14. The number of methoxy groups -OCH3 is 1. The molecule has 1 aliphatic carbocycles. The van der Waals surface area contributed by atoms with Crippen LogP contribution in [0, 0.1) is 0 Å². The quantitative estimate of drug-likeness (QED) is 0.147. The molecule has 0 fully saturated rings. The van der Waals surface area contributed by atoms with Crippen LogP contribution in [0.5, 0.6) is 5.75 Å². The highest BCUT2D eigenvalue weighted by molar-refractivity contribution is 7.99. The number of aryl methyl sites for hydroxylation is 3. The van der Waals surface area contributed by atoms with Crippen molar-refractivity contribution >= 4 is 45.4 Å². The number of rotatable bonds is 8. The van der Waals surface area contributed by atoms with Gasteiger partial charge in [-0.2, -0.15) is 5.10 Å². The van der Waals surface area contributed by atoms with Gasteiger partial charge in [-0.25, -0.2) is 10.4 Å². The number of hydrazone groups is 1. The molecule has 1 aliphatic rings. The Morgan fingerprint density at radius 2 is 1.92 bits per heavy atom. The van der Waals surface area contributed by atoms with Crippen molar-refractivity contribution in [3.05, 3.63) is 80.5 Å². The lowest BCUT2D eigenvalue weighted by Crippen LogP contribution is -2.24. The largest absolute Gasteiger partial charge is 0.497 e. The normalized spacial score (nSPS) is 13.1. The van der Waals surface area contributed by atoms with Gasteiger partial charge in [-0.1, -0.05) is 43.0 Å². The Hall–Kier alpha value is -3.43. The summed E-state index contributed by atoms with van der Waals surface area (Å²) in [5, 5.41) is 5.27. The number of hydrogen-bond acceptors (Lipinski definition) is 7. The third kappa shape index (κ3) is 5.47. The van der Waals surface area contributed by atoms with Crippen LogP contribution in [0.2, 0.25) is 0 Å². The monoisotopic (exact) mass is 532 g/mol. The van der Waals surface area contributed by atoms with Crippen molar-refractivity contribution in [3.63, 3.8) is 0 Å². The van der Waals surface area contributed by atoms with E-state index in [-0.39, 0.29) is 17.2 Å². The van der Waals surface area contributed by atoms with E-state index < -0.39 is 0 Å². The standard InChI is InChI=1S/C28H28N4O3S2/c1-3-18-8-10-19(11-9-18)16-29-31-24(33)17-36-28-30-26-25(22-6-4-5-7-23(22)37-26)27(34)32(28)20-12-14-21(35-2)15-13-20/h8-16H,3-7,17H2,1-2H3,(H,31,33). The molecule has 1 N–H and O–H groups in total. The second kappa shape index (κ2) is 11.3. The number of fused-ring (bicyclic) bond motifs is 3. The summed E-state index contributed by atoms with van der Waals surface area (Å²) < 4.78 is 6.90. The molecule has 37 heavy (non-hydrogen) atoms. The maximum Gasteiger partial charge on any atom is 0.267 e. The van der Waals surface area contributed by atoms with Gasteiger partial charge in [0.25, 0.3) is 11.5 Å². The maximum absolute atomic E-state index is 13.8. The van der Waals surface area contributed by atoms with E-state index in [2.05, 4.69) is 17.5 Å². The molecule has 0 saturated heterocycles. The zero-order chi connectivity index (χ0) is 25.8. The molecule has 9 heteroatoms. The van der Waals surface area contributed by atoms with Crippen molar-refractivity contribution in [1.82, 2.24) is 15.0 Å². The summed E-state index contributed by atoms with van der Waals surface area (Å²) in [6.07, 6.45) is 6.71. The third-order valence-corrected chi connectivity index (χ3v) is 8.54. The Kier molecular flexibility index (Phi) is 7.71. The van der Waals surface area contributed by atoms with Gasteiger partial charge in [0, 0.05) is 4.88 Å². The van der Waals surface area contributed by atoms with Crippen molar-refractivity contribution in [2.75, 3.05) is 12.9 Å². The van der Waals surface area contributed by atoms with Crippen LogP contribution in [0.1, 0.15) is 41.3 Å². The Morgan fingerprint density at radius 3 is 2.65 bits per heavy atom. The minimum absolute atomic E-state index is 0.0747. The van der Waals surface area contributed by atoms with Gasteiger partial charge in [-0.15, -0.1) is 11.3 Å². The van der Waals surface area contributed by atoms with E-state index in [0.717, 1.165) is 48.1 Å². The summed E-state index contributed by atoms with van der Waals surface area (Å²) in [5.74, 6) is 0.507. The lowest BCUT2D eigenvalue weighted by molar-refractivity contribution is -0.118. The van der Waals surface area contributed by atoms with Crippen molar-refractivity contribution < 1.29 is 9.53 Å². The Morgan fingerprint density at radius 1 is 1.16 bits per heavy atom. The van der Waals surface area contributed by atoms with Crippen molar-refractivity contribution in [2.24, 2.45) is 5.10 Å². The number of amides is 1. The smallest absolute Gasteiger partial charge is 0.267 e. The highest BCUT2D eigenvalue weighted by atomic mass is 32.2. The van der Waals surface area contributed by atoms with Gasteiger partial charge in [0.05, 0.1) is 30.2 Å². The molecule has 0 unspecified atom stereocenters. The number of carbonyl (C=O) groups is 1. The number of nitrogens with zero attached hydrogens (tertiary/aromatic N) is 3. The minimum Gasteiger partial charge on any atom is -0.497 e. The molecule has 2 aromatic heterocycles. The number of benzene rings is 2. The van der Waals surface area contributed by atoms with Gasteiger partial charge < -0.3 is 4.74 Å². The van der Waals surface area contributed by atoms with Gasteiger partial charge in [0.1, 0.15) is 10.6 Å². The third-order valence-electron chi connectivity index (χ3n) is 6.41. The van der Waals surface area contributed by atoms with Crippen LogP contribution in [0.15, 0.2) is 63.6 Å². The van der Waals surface area contributed by atoms with Crippen LogP contribution in [-0.2, 0) is 24.1 Å². The van der Waals surface area contributed by atoms with Crippen LogP contribution >= 0.6 is 23.1 Å². The molecule has 0 atom stereocenters. The van der Waals surface area contributed by atoms with Gasteiger partial charge in [-0.05, 0) is 73.1 Å². The minimum atomic E-state index is -0.271. The Labute approximate surface area is 223 Å². The molecule has 2 heterocycles. The first-order chi connectivity index (χ1) is 18.1. The number of hydrogen-bond donors (Lipinski definition) is 1. The molecule has 0 radical (unpaired) electrons. The first-order valence-corrected chi connectivity index (χ1v) is 14.1. The van der Waals surface area contributed by atoms with E-state index in [1.165, 1.54) is 22.2 Å². The first kappa shape index (κ1) is 25.2. The zero-order valence-electron chi connectivity index (χ0n) is 20.8. The molecule has 5 rings (SSSR count). The van der Waals surface area contributed by atoms with Gasteiger partial charge >= 0.3 is 0 Å². The molecule has 0 saturated carbocycles. The topological polar surface area (TPSA) is 85.6 Å². The average Bonchev–Trinajstić information content (AvgIpc) is 3.31. The van der Waals surface area contributed by atoms with Crippen LogP contribution < -0.4 is 15.7 Å². The Bertz CT molecular complexity index is 1510. The number of ether oxygens (including phenoxy) is 1. The summed E-state index contributed by atoms with van der Waals surface area (Å²) in [6.45, 7) is 2.11. The predicted molar refractivity (Wildman–Crippen MR) is 151 cm³/mol. The van der Waals surface area contributed by atoms with E-state index in [1.807, 2.05) is 48.5 Å². The zero-order valence-corrected chi connectivity index (χ0v) is 22.5. The second-order valence-corrected chi connectivity index (χ2v) is 10.8. The first-order valence-electron chi connectivity index (χ1n) is 12.3. The van der Waals surface area contributed by atoms with Crippen molar-refractivity contribution in [3.8, 4) is 11.4 Å². The average molecular weight is 533 g/mol. The lowest BCUT2D eigenvalue weighted by Gasteiger charge is -2.14. The second-order valence-electron chi connectivity index (χ2n) is 8.80. The molecule has 2 aromatic carbocycles. The number of aromatic nitrogens is 2. The van der Waals surface area contributed by atoms with Crippen molar-refractivity contribution in [1.29, 1.82) is 0 Å². The van der Waals surface area contributed by atoms with Crippen LogP contribution in [0.4, 0.5) is 0 Å². The van der Waals surface area contributed by atoms with E-state index >= 15 is 0 Å². The molecule has 0 spiro atoms. The molecule has 7 nitrogen and oxygen atoms in total. The van der Waals surface area contributed by atoms with E-state index in [9.17, 15) is 9.59 Å². The number of nitrogens with one attached hydrogen (secondary N) is 1. The summed E-state index contributed by atoms with van der Waals surface area (Å²) >= 11 is 2.83. The van der Waals surface area contributed by atoms with Gasteiger partial charge in [-0.3, -0.25) is 14.2 Å². The van der Waals surface area contributed by atoms with Crippen LogP contribution in [-0.4, -0.2) is 34.5 Å². The molecule has 0 aliphatic heterocycles. The fourth-order valence-corrected chi connectivity index (χ4v) is 6.53. The van der Waals surface area contributed by atoms with E-state index in [4.69, 9.17) is 9.72 Å². The number of thiophene rings is 1. The van der Waals surface area contributed by atoms with Gasteiger partial charge in [0.2, 0.25) is 0 Å². The lowest BCUT2D eigenvalue weighted by atomic mass is 9.97. The molecule has 190 valence electrons. The Balaban J connectivity index is 1.40. The summed E-state index contributed by atoms with van der Waals surface area (Å²) in [4.78, 5) is 33.3. The summed E-state index contributed by atoms with van der Waals surface area (Å²) in [5.41, 5.74) is 6.47. The van der Waals surface area contributed by atoms with E-state index in [0.29, 0.717) is 22.0 Å². The summed E-state index contributed by atoms with van der Waals surface area (Å²) in [6, 6.07) is 15.3. The maximum atomic E-state index is 13.8. The fraction of sp³-hybridized carbons (Fsp3) is 0.286. The van der Waals surface area contributed by atoms with E-state index in [1.54, 1.807) is 29.2 Å². The molecular weight excluding hydrogens is 504 g/mol. The van der Waals surface area contributed by atoms with Crippen LogP contribution in [0.25, 0.3) is 15.9 Å². The van der Waals surface area contributed by atoms with Crippen LogP contribution in [0.3, 0.4) is 0 Å². The molecule has 4 aromatic rings.